The van der Waals surface area contributed by atoms with Gasteiger partial charge in [0.2, 0.25) is 5.91 Å². The van der Waals surface area contributed by atoms with Crippen molar-refractivity contribution < 1.29 is 19.4 Å². The zero-order valence-electron chi connectivity index (χ0n) is 15.1. The van der Waals surface area contributed by atoms with Crippen LogP contribution in [0.2, 0.25) is 0 Å². The van der Waals surface area contributed by atoms with Crippen LogP contribution in [0.1, 0.15) is 12.0 Å². The lowest BCUT2D eigenvalue weighted by Crippen LogP contribution is -2.50. The van der Waals surface area contributed by atoms with Gasteiger partial charge < -0.3 is 19.5 Å². The quantitative estimate of drug-likeness (QED) is 0.831. The molecule has 2 heterocycles. The maximum atomic E-state index is 12.2. The fraction of sp³-hybridized carbons (Fsp3) is 0.632. The molecule has 1 N–H and O–H groups in total. The van der Waals surface area contributed by atoms with Crippen LogP contribution in [0.25, 0.3) is 0 Å². The molecule has 1 amide bonds. The Hall–Kier alpha value is -1.63. The molecule has 0 aromatic heterocycles. The number of hydrogen-bond donors (Lipinski definition) is 1. The average molecular weight is 348 g/mol. The molecule has 0 saturated carbocycles. The second kappa shape index (κ2) is 7.72. The van der Waals surface area contributed by atoms with Gasteiger partial charge in [0.15, 0.2) is 0 Å². The molecule has 2 unspecified atom stereocenters. The standard InChI is InChI=1S/C19H28N2O4/c1-24-11-18(23)21-10-16-7-8-20(12-19(16,13-21)14-22)9-15-5-3-4-6-17(15)25-2/h3-6,16,22H,7-14H2,1-2H3. The van der Waals surface area contributed by atoms with Crippen LogP contribution >= 0.6 is 0 Å². The number of methoxy groups -OCH3 is 2. The molecule has 25 heavy (non-hydrogen) atoms. The van der Waals surface area contributed by atoms with Gasteiger partial charge in [0.05, 0.1) is 13.7 Å². The molecule has 1 aromatic carbocycles. The molecule has 6 nitrogen and oxygen atoms in total. The fourth-order valence-electron chi connectivity index (χ4n) is 4.32. The first-order chi connectivity index (χ1) is 12.1. The van der Waals surface area contributed by atoms with Crippen LogP contribution in [-0.2, 0) is 16.1 Å². The van der Waals surface area contributed by atoms with Crippen molar-refractivity contribution in [2.24, 2.45) is 11.3 Å². The van der Waals surface area contributed by atoms with Gasteiger partial charge in [-0.3, -0.25) is 9.69 Å². The van der Waals surface area contributed by atoms with Crippen LogP contribution in [0.5, 0.6) is 5.75 Å². The van der Waals surface area contributed by atoms with Gasteiger partial charge in [0.25, 0.3) is 0 Å². The van der Waals surface area contributed by atoms with Crippen LogP contribution in [0.3, 0.4) is 0 Å². The number of amides is 1. The lowest BCUT2D eigenvalue weighted by atomic mass is 9.74. The normalized spacial score (nSPS) is 26.5. The lowest BCUT2D eigenvalue weighted by molar-refractivity contribution is -0.134. The van der Waals surface area contributed by atoms with E-state index < -0.39 is 0 Å². The highest BCUT2D eigenvalue weighted by atomic mass is 16.5. The number of fused-ring (bicyclic) bond motifs is 1. The molecule has 2 atom stereocenters. The summed E-state index contributed by atoms with van der Waals surface area (Å²) >= 11 is 0. The van der Waals surface area contributed by atoms with Gasteiger partial charge in [-0.1, -0.05) is 18.2 Å². The Morgan fingerprint density at radius 3 is 2.84 bits per heavy atom. The monoisotopic (exact) mass is 348 g/mol. The molecule has 1 aromatic rings. The van der Waals surface area contributed by atoms with E-state index in [4.69, 9.17) is 9.47 Å². The van der Waals surface area contributed by atoms with E-state index in [1.807, 2.05) is 23.1 Å². The Labute approximate surface area is 149 Å². The largest absolute Gasteiger partial charge is 0.496 e. The van der Waals surface area contributed by atoms with Crippen LogP contribution in [0, 0.1) is 11.3 Å². The van der Waals surface area contributed by atoms with Crippen molar-refractivity contribution in [2.45, 2.75) is 13.0 Å². The van der Waals surface area contributed by atoms with E-state index in [0.717, 1.165) is 43.9 Å². The summed E-state index contributed by atoms with van der Waals surface area (Å²) < 4.78 is 10.4. The number of piperidine rings is 1. The van der Waals surface area contributed by atoms with Crippen molar-refractivity contribution in [1.29, 1.82) is 0 Å². The minimum absolute atomic E-state index is 0.0148. The maximum Gasteiger partial charge on any atom is 0.248 e. The number of para-hydroxylation sites is 1. The highest BCUT2D eigenvalue weighted by molar-refractivity contribution is 5.77. The molecule has 2 saturated heterocycles. The van der Waals surface area contributed by atoms with Crippen LogP contribution in [-0.4, -0.2) is 74.4 Å². The van der Waals surface area contributed by atoms with Gasteiger partial charge in [0, 0.05) is 44.3 Å². The van der Waals surface area contributed by atoms with E-state index in [9.17, 15) is 9.90 Å². The van der Waals surface area contributed by atoms with Gasteiger partial charge in [-0.25, -0.2) is 0 Å². The number of benzene rings is 1. The summed E-state index contributed by atoms with van der Waals surface area (Å²) in [5.41, 5.74) is 0.922. The van der Waals surface area contributed by atoms with E-state index in [-0.39, 0.29) is 24.5 Å². The number of likely N-dealkylation sites (tertiary alicyclic amines) is 2. The second-order valence-corrected chi connectivity index (χ2v) is 7.24. The third kappa shape index (κ3) is 3.66. The first-order valence-electron chi connectivity index (χ1n) is 8.83. The van der Waals surface area contributed by atoms with Gasteiger partial charge in [-0.15, -0.1) is 0 Å². The first-order valence-corrected chi connectivity index (χ1v) is 8.83. The summed E-state index contributed by atoms with van der Waals surface area (Å²) in [6, 6.07) is 8.05. The summed E-state index contributed by atoms with van der Waals surface area (Å²) in [5, 5.41) is 10.1. The summed E-state index contributed by atoms with van der Waals surface area (Å²) in [6.45, 7) is 4.12. The first kappa shape index (κ1) is 18.2. The Morgan fingerprint density at radius 1 is 1.32 bits per heavy atom. The summed E-state index contributed by atoms with van der Waals surface area (Å²) in [7, 11) is 3.23. The van der Waals surface area contributed by atoms with E-state index in [1.54, 1.807) is 7.11 Å². The molecular weight excluding hydrogens is 320 g/mol. The average Bonchev–Trinajstić information content (AvgIpc) is 3.02. The zero-order chi connectivity index (χ0) is 17.9. The molecule has 2 fully saturated rings. The molecule has 0 aliphatic carbocycles. The fourth-order valence-corrected chi connectivity index (χ4v) is 4.32. The summed E-state index contributed by atoms with van der Waals surface area (Å²) in [6.07, 6.45) is 0.993. The minimum Gasteiger partial charge on any atom is -0.496 e. The number of hydrogen-bond acceptors (Lipinski definition) is 5. The summed E-state index contributed by atoms with van der Waals surface area (Å²) in [4.78, 5) is 16.4. The predicted molar refractivity (Wildman–Crippen MR) is 94.4 cm³/mol. The molecule has 6 heteroatoms. The highest BCUT2D eigenvalue weighted by Crippen LogP contribution is 2.42. The Kier molecular flexibility index (Phi) is 5.61. The summed E-state index contributed by atoms with van der Waals surface area (Å²) in [5.74, 6) is 1.26. The number of aliphatic hydroxyl groups excluding tert-OH is 1. The van der Waals surface area contributed by atoms with Crippen molar-refractivity contribution in [3.05, 3.63) is 29.8 Å². The van der Waals surface area contributed by atoms with Gasteiger partial charge >= 0.3 is 0 Å². The van der Waals surface area contributed by atoms with Crippen molar-refractivity contribution >= 4 is 5.91 Å². The van der Waals surface area contributed by atoms with Crippen molar-refractivity contribution in [2.75, 3.05) is 53.6 Å². The van der Waals surface area contributed by atoms with Gasteiger partial charge in [-0.05, 0) is 24.9 Å². The third-order valence-electron chi connectivity index (χ3n) is 5.67. The topological polar surface area (TPSA) is 62.2 Å². The smallest absolute Gasteiger partial charge is 0.248 e. The van der Waals surface area contributed by atoms with Crippen molar-refractivity contribution in [1.82, 2.24) is 9.80 Å². The predicted octanol–water partition coefficient (Wildman–Crippen LogP) is 0.984. The number of aliphatic hydroxyl groups is 1. The Morgan fingerprint density at radius 2 is 2.12 bits per heavy atom. The highest BCUT2D eigenvalue weighted by Gasteiger charge is 2.50. The number of carbonyl (C=O) groups excluding carboxylic acids is 1. The second-order valence-electron chi connectivity index (χ2n) is 7.24. The number of rotatable bonds is 6. The van der Waals surface area contributed by atoms with Gasteiger partial charge in [-0.2, -0.15) is 0 Å². The SMILES string of the molecule is COCC(=O)N1CC2CCN(Cc3ccccc3OC)CC2(CO)C1. The maximum absolute atomic E-state index is 12.2. The molecule has 0 radical (unpaired) electrons. The minimum atomic E-state index is -0.232. The van der Waals surface area contributed by atoms with E-state index in [1.165, 1.54) is 7.11 Å². The molecule has 2 aliphatic rings. The van der Waals surface area contributed by atoms with Crippen molar-refractivity contribution in [3.8, 4) is 5.75 Å². The number of ether oxygens (including phenoxy) is 2. The lowest BCUT2D eigenvalue weighted by Gasteiger charge is -2.43. The molecule has 0 spiro atoms. The molecule has 3 rings (SSSR count). The molecule has 0 bridgehead atoms. The van der Waals surface area contributed by atoms with Crippen LogP contribution in [0.4, 0.5) is 0 Å². The van der Waals surface area contributed by atoms with Crippen LogP contribution in [0.15, 0.2) is 24.3 Å². The zero-order valence-corrected chi connectivity index (χ0v) is 15.1. The molecule has 2 aliphatic heterocycles. The Balaban J connectivity index is 1.70. The Bertz CT molecular complexity index is 609. The van der Waals surface area contributed by atoms with Crippen LogP contribution < -0.4 is 4.74 Å². The van der Waals surface area contributed by atoms with E-state index >= 15 is 0 Å². The third-order valence-corrected chi connectivity index (χ3v) is 5.67. The number of carbonyl (C=O) groups is 1. The van der Waals surface area contributed by atoms with Gasteiger partial charge in [0.1, 0.15) is 12.4 Å². The van der Waals surface area contributed by atoms with Crippen molar-refractivity contribution in [3.63, 3.8) is 0 Å². The number of nitrogens with zero attached hydrogens (tertiary/aromatic N) is 2. The molecular formula is C19H28N2O4. The van der Waals surface area contributed by atoms with E-state index in [2.05, 4.69) is 11.0 Å². The van der Waals surface area contributed by atoms with E-state index in [0.29, 0.717) is 12.5 Å². The molecule has 138 valence electrons.